The fourth-order valence-corrected chi connectivity index (χ4v) is 11.6. The van der Waals surface area contributed by atoms with Crippen molar-refractivity contribution in [3.63, 3.8) is 0 Å². The summed E-state index contributed by atoms with van der Waals surface area (Å²) in [4.78, 5) is 10.6. The van der Waals surface area contributed by atoms with Crippen LogP contribution in [0, 0.1) is 0 Å². The van der Waals surface area contributed by atoms with Crippen LogP contribution in [-0.2, 0) is 0 Å². The third-order valence-corrected chi connectivity index (χ3v) is 14.8. The smallest absolute Gasteiger partial charge is 0.160 e. The minimum Gasteiger partial charge on any atom is -0.309 e. The topological polar surface area (TPSA) is 40.6 Å². The van der Waals surface area contributed by atoms with E-state index in [1.165, 1.54) is 65.4 Å². The lowest BCUT2D eigenvalue weighted by Gasteiger charge is -2.18. The van der Waals surface area contributed by atoms with Gasteiger partial charge >= 0.3 is 0 Å². The molecule has 0 aliphatic carbocycles. The van der Waals surface area contributed by atoms with Gasteiger partial charge in [-0.25, -0.2) is 9.97 Å². The maximum Gasteiger partial charge on any atom is 0.160 e. The summed E-state index contributed by atoms with van der Waals surface area (Å²) in [7, 11) is 0. The zero-order valence-corrected chi connectivity index (χ0v) is 39.6. The second-order valence-electron chi connectivity index (χ2n) is 18.9. The van der Waals surface area contributed by atoms with Crippen LogP contribution < -0.4 is 0 Å². The van der Waals surface area contributed by atoms with Gasteiger partial charge in [-0.1, -0.05) is 188 Å². The molecule has 15 rings (SSSR count). The molecule has 0 saturated heterocycles. The first-order chi connectivity index (χ1) is 36.2. The number of para-hydroxylation sites is 6. The number of aromatic nitrogens is 5. The summed E-state index contributed by atoms with van der Waals surface area (Å²) < 4.78 is 7.23. The molecule has 0 bridgehead atoms. The highest BCUT2D eigenvalue weighted by atomic mass is 15.0. The monoisotopic (exact) mass is 929 g/mol. The Morgan fingerprint density at radius 2 is 0.575 bits per heavy atom. The molecule has 5 heteroatoms. The maximum atomic E-state index is 5.37. The van der Waals surface area contributed by atoms with Crippen molar-refractivity contribution in [2.45, 2.75) is 0 Å². The number of hydrogen-bond acceptors (Lipinski definition) is 2. The number of nitrogens with zero attached hydrogens (tertiary/aromatic N) is 5. The summed E-state index contributed by atoms with van der Waals surface area (Å²) in [5, 5.41) is 9.67. The van der Waals surface area contributed by atoms with Crippen LogP contribution in [0.1, 0.15) is 0 Å². The van der Waals surface area contributed by atoms with Gasteiger partial charge in [-0.05, 0) is 94.7 Å². The highest BCUT2D eigenvalue weighted by Gasteiger charge is 2.20. The Morgan fingerprint density at radius 3 is 1.03 bits per heavy atom. The van der Waals surface area contributed by atoms with Crippen molar-refractivity contribution in [2.24, 2.45) is 0 Å². The maximum absolute atomic E-state index is 5.37. The van der Waals surface area contributed by atoms with Crippen LogP contribution in [0.15, 0.2) is 261 Å². The van der Waals surface area contributed by atoms with E-state index in [1.54, 1.807) is 0 Å². The molecule has 15 aromatic rings. The molecule has 5 nitrogen and oxygen atoms in total. The highest BCUT2D eigenvalue weighted by molar-refractivity contribution is 6.12. The minimum atomic E-state index is 0.683. The summed E-state index contributed by atoms with van der Waals surface area (Å²) in [6.07, 6.45) is 0. The summed E-state index contributed by atoms with van der Waals surface area (Å²) in [5.41, 5.74) is 17.4. The third-order valence-electron chi connectivity index (χ3n) is 14.8. The molecule has 0 fully saturated rings. The molecular formula is C68H43N5. The number of hydrogen-bond donors (Lipinski definition) is 0. The molecule has 11 aromatic carbocycles. The van der Waals surface area contributed by atoms with E-state index >= 15 is 0 Å². The standard InChI is InChI=1S/C68H43N5/c1-2-18-45(19-3-1)68-69-60(44-34-36-47(37-35-44)71-62-28-12-6-22-54(62)55-23-7-13-29-63(55)71)43-61(70-68)53-39-38-50(51-20-4-5-21-52(51)53)46-40-48(72-64-30-14-8-24-56(64)57-25-9-15-31-65(57)72)42-49(41-46)73-66-32-16-10-26-58(66)59-27-11-17-33-67(59)73/h1-43H. The van der Waals surface area contributed by atoms with Crippen molar-refractivity contribution < 1.29 is 0 Å². The van der Waals surface area contributed by atoms with E-state index in [-0.39, 0.29) is 0 Å². The van der Waals surface area contributed by atoms with E-state index in [4.69, 9.17) is 9.97 Å². The lowest BCUT2D eigenvalue weighted by molar-refractivity contribution is 1.13. The second-order valence-corrected chi connectivity index (χ2v) is 18.9. The third kappa shape index (κ3) is 6.49. The minimum absolute atomic E-state index is 0.683. The summed E-state index contributed by atoms with van der Waals surface area (Å²) in [6.45, 7) is 0. The van der Waals surface area contributed by atoms with Gasteiger partial charge in [0.15, 0.2) is 5.82 Å². The zero-order chi connectivity index (χ0) is 48.0. The summed E-state index contributed by atoms with van der Waals surface area (Å²) in [6, 6.07) is 94.1. The van der Waals surface area contributed by atoms with Crippen LogP contribution in [-0.4, -0.2) is 23.7 Å². The van der Waals surface area contributed by atoms with E-state index in [2.05, 4.69) is 268 Å². The fourth-order valence-electron chi connectivity index (χ4n) is 11.6. The first-order valence-electron chi connectivity index (χ1n) is 24.9. The van der Waals surface area contributed by atoms with Crippen molar-refractivity contribution in [2.75, 3.05) is 0 Å². The summed E-state index contributed by atoms with van der Waals surface area (Å²) >= 11 is 0. The average molecular weight is 930 g/mol. The second kappa shape index (κ2) is 16.4. The van der Waals surface area contributed by atoms with Gasteiger partial charge < -0.3 is 13.7 Å². The van der Waals surface area contributed by atoms with Crippen LogP contribution in [0.25, 0.3) is 138 Å². The Balaban J connectivity index is 0.923. The molecular weight excluding hydrogens is 887 g/mol. The molecule has 0 unspecified atom stereocenters. The van der Waals surface area contributed by atoms with Crippen molar-refractivity contribution in [3.8, 4) is 62.1 Å². The molecule has 0 aliphatic rings. The highest BCUT2D eigenvalue weighted by Crippen LogP contribution is 2.42. The normalized spacial score (nSPS) is 11.8. The Labute approximate surface area is 420 Å². The first-order valence-corrected chi connectivity index (χ1v) is 24.9. The van der Waals surface area contributed by atoms with Crippen LogP contribution in [0.3, 0.4) is 0 Å². The zero-order valence-electron chi connectivity index (χ0n) is 39.6. The van der Waals surface area contributed by atoms with Gasteiger partial charge in [-0.15, -0.1) is 0 Å². The predicted octanol–water partition coefficient (Wildman–Crippen LogP) is 17.6. The quantitative estimate of drug-likeness (QED) is 0.160. The molecule has 0 amide bonds. The predicted molar refractivity (Wildman–Crippen MR) is 304 cm³/mol. The Kier molecular flexibility index (Phi) is 9.19. The molecule has 0 N–H and O–H groups in total. The fraction of sp³-hybridized carbons (Fsp3) is 0. The van der Waals surface area contributed by atoms with Crippen molar-refractivity contribution in [1.82, 2.24) is 23.7 Å². The van der Waals surface area contributed by atoms with Gasteiger partial charge in [-0.3, -0.25) is 0 Å². The Hall–Kier alpha value is -9.84. The first kappa shape index (κ1) is 41.0. The van der Waals surface area contributed by atoms with Crippen LogP contribution >= 0.6 is 0 Å². The molecule has 4 heterocycles. The molecule has 0 atom stereocenters. The molecule has 340 valence electrons. The lowest BCUT2D eigenvalue weighted by Crippen LogP contribution is -2.00. The van der Waals surface area contributed by atoms with Crippen LogP contribution in [0.2, 0.25) is 0 Å². The van der Waals surface area contributed by atoms with E-state index < -0.39 is 0 Å². The number of rotatable bonds is 7. The van der Waals surface area contributed by atoms with Gasteiger partial charge in [0.2, 0.25) is 0 Å². The molecule has 73 heavy (non-hydrogen) atoms. The van der Waals surface area contributed by atoms with Gasteiger partial charge in [0, 0.05) is 66.1 Å². The van der Waals surface area contributed by atoms with Crippen molar-refractivity contribution in [3.05, 3.63) is 261 Å². The molecule has 0 aliphatic heterocycles. The van der Waals surface area contributed by atoms with Gasteiger partial charge in [0.1, 0.15) is 0 Å². The van der Waals surface area contributed by atoms with E-state index in [1.807, 2.05) is 6.07 Å². The van der Waals surface area contributed by atoms with Crippen molar-refractivity contribution in [1.29, 1.82) is 0 Å². The Bertz CT molecular complexity index is 4380. The van der Waals surface area contributed by atoms with E-state index in [0.717, 1.165) is 67.0 Å². The van der Waals surface area contributed by atoms with E-state index in [0.29, 0.717) is 5.82 Å². The van der Waals surface area contributed by atoms with Gasteiger partial charge in [-0.2, -0.15) is 0 Å². The SMILES string of the molecule is c1ccc(-c2nc(-c3ccc(-n4c5ccccc5c5ccccc54)cc3)cc(-c3ccc(-c4cc(-n5c6ccccc6c6ccccc65)cc(-n5c6ccccc6c6ccccc65)c4)c4ccccc34)n2)cc1. The molecule has 4 aromatic heterocycles. The Morgan fingerprint density at radius 1 is 0.219 bits per heavy atom. The lowest BCUT2D eigenvalue weighted by atomic mass is 9.92. The molecule has 0 radical (unpaired) electrons. The van der Waals surface area contributed by atoms with Crippen LogP contribution in [0.4, 0.5) is 0 Å². The number of benzene rings is 11. The number of fused-ring (bicyclic) bond motifs is 10. The molecule has 0 spiro atoms. The van der Waals surface area contributed by atoms with Crippen molar-refractivity contribution >= 4 is 76.2 Å². The van der Waals surface area contributed by atoms with Gasteiger partial charge in [0.25, 0.3) is 0 Å². The van der Waals surface area contributed by atoms with Gasteiger partial charge in [0.05, 0.1) is 44.5 Å². The van der Waals surface area contributed by atoms with E-state index in [9.17, 15) is 0 Å². The average Bonchev–Trinajstić information content (AvgIpc) is 4.11. The largest absolute Gasteiger partial charge is 0.309 e. The molecule has 0 saturated carbocycles. The summed E-state index contributed by atoms with van der Waals surface area (Å²) in [5.74, 6) is 0.683. The van der Waals surface area contributed by atoms with Crippen LogP contribution in [0.5, 0.6) is 0 Å².